The average molecular weight is 284 g/mol. The normalized spacial score (nSPS) is 10.3. The van der Waals surface area contributed by atoms with Crippen LogP contribution in [0.2, 0.25) is 5.02 Å². The van der Waals surface area contributed by atoms with Gasteiger partial charge in [-0.3, -0.25) is 0 Å². The molecule has 1 N–H and O–H groups in total. The molecule has 0 bridgehead atoms. The van der Waals surface area contributed by atoms with Crippen molar-refractivity contribution in [3.63, 3.8) is 0 Å². The standard InChI is InChI=1S/C12H14ClN3OS/c1-2-7-14-12-10(15-16-18-12)8-17-11-6-4-3-5-9(11)13/h3-6,14H,2,7-8H2,1H3. The summed E-state index contributed by atoms with van der Waals surface area (Å²) in [7, 11) is 0. The Hall–Kier alpha value is -1.33. The second kappa shape index (κ2) is 6.56. The van der Waals surface area contributed by atoms with Gasteiger partial charge in [-0.2, -0.15) is 0 Å². The number of anilines is 1. The van der Waals surface area contributed by atoms with Gasteiger partial charge in [0.25, 0.3) is 0 Å². The summed E-state index contributed by atoms with van der Waals surface area (Å²) in [5, 5.41) is 8.89. The average Bonchev–Trinajstić information content (AvgIpc) is 2.83. The summed E-state index contributed by atoms with van der Waals surface area (Å²) in [6, 6.07) is 7.39. The van der Waals surface area contributed by atoms with Gasteiger partial charge >= 0.3 is 0 Å². The van der Waals surface area contributed by atoms with E-state index in [1.165, 1.54) is 11.5 Å². The highest BCUT2D eigenvalue weighted by Crippen LogP contribution is 2.25. The van der Waals surface area contributed by atoms with Gasteiger partial charge in [-0.25, -0.2) is 0 Å². The molecular weight excluding hydrogens is 270 g/mol. The smallest absolute Gasteiger partial charge is 0.138 e. The van der Waals surface area contributed by atoms with Crippen LogP contribution in [0.25, 0.3) is 0 Å². The van der Waals surface area contributed by atoms with Gasteiger partial charge in [-0.1, -0.05) is 35.1 Å². The zero-order valence-corrected chi connectivity index (χ0v) is 11.6. The first kappa shape index (κ1) is 13.1. The van der Waals surface area contributed by atoms with Gasteiger partial charge < -0.3 is 10.1 Å². The molecule has 4 nitrogen and oxygen atoms in total. The van der Waals surface area contributed by atoms with Crippen molar-refractivity contribution in [2.75, 3.05) is 11.9 Å². The molecule has 1 heterocycles. The predicted octanol–water partition coefficient (Wildman–Crippen LogP) is 3.59. The first-order valence-corrected chi connectivity index (χ1v) is 6.89. The molecular formula is C12H14ClN3OS. The number of halogens is 1. The summed E-state index contributed by atoms with van der Waals surface area (Å²) in [6.45, 7) is 3.39. The van der Waals surface area contributed by atoms with Crippen LogP contribution >= 0.6 is 23.1 Å². The molecule has 0 amide bonds. The highest BCUT2D eigenvalue weighted by atomic mass is 35.5. The summed E-state index contributed by atoms with van der Waals surface area (Å²) in [5.74, 6) is 0.661. The number of para-hydroxylation sites is 1. The number of aromatic nitrogens is 2. The predicted molar refractivity (Wildman–Crippen MR) is 74.5 cm³/mol. The zero-order valence-electron chi connectivity index (χ0n) is 10.0. The van der Waals surface area contributed by atoms with Crippen LogP contribution in [0.15, 0.2) is 24.3 Å². The number of hydrogen-bond acceptors (Lipinski definition) is 5. The fraction of sp³-hybridized carbons (Fsp3) is 0.333. The molecule has 0 spiro atoms. The van der Waals surface area contributed by atoms with Crippen LogP contribution in [0.5, 0.6) is 5.75 Å². The maximum atomic E-state index is 6.01. The largest absolute Gasteiger partial charge is 0.486 e. The second-order valence-corrected chi connectivity index (χ2v) is 4.86. The highest BCUT2D eigenvalue weighted by molar-refractivity contribution is 7.10. The molecule has 0 aliphatic heterocycles. The van der Waals surface area contributed by atoms with E-state index in [0.717, 1.165) is 23.7 Å². The number of rotatable bonds is 6. The molecule has 96 valence electrons. The van der Waals surface area contributed by atoms with E-state index in [2.05, 4.69) is 21.8 Å². The summed E-state index contributed by atoms with van der Waals surface area (Å²) in [6.07, 6.45) is 1.06. The Labute approximate surface area is 115 Å². The Morgan fingerprint density at radius 1 is 1.39 bits per heavy atom. The zero-order chi connectivity index (χ0) is 12.8. The fourth-order valence-electron chi connectivity index (χ4n) is 1.38. The van der Waals surface area contributed by atoms with Crippen LogP contribution in [-0.4, -0.2) is 16.1 Å². The SMILES string of the molecule is CCCNc1snnc1COc1ccccc1Cl. The summed E-state index contributed by atoms with van der Waals surface area (Å²) < 4.78 is 9.56. The first-order chi connectivity index (χ1) is 8.81. The Bertz CT molecular complexity index is 504. The molecule has 1 aromatic heterocycles. The Morgan fingerprint density at radius 2 is 2.22 bits per heavy atom. The summed E-state index contributed by atoms with van der Waals surface area (Å²) in [4.78, 5) is 0. The van der Waals surface area contributed by atoms with Gasteiger partial charge in [0.05, 0.1) is 5.02 Å². The molecule has 0 aliphatic carbocycles. The van der Waals surface area contributed by atoms with Crippen molar-refractivity contribution in [2.24, 2.45) is 0 Å². The number of nitrogens with one attached hydrogen (secondary N) is 1. The number of nitrogens with zero attached hydrogens (tertiary/aromatic N) is 2. The number of benzene rings is 1. The van der Waals surface area contributed by atoms with Gasteiger partial charge in [0, 0.05) is 18.1 Å². The monoisotopic (exact) mass is 283 g/mol. The van der Waals surface area contributed by atoms with Crippen LogP contribution < -0.4 is 10.1 Å². The van der Waals surface area contributed by atoms with E-state index in [-0.39, 0.29) is 0 Å². The van der Waals surface area contributed by atoms with Gasteiger partial charge in [-0.15, -0.1) is 5.10 Å². The van der Waals surface area contributed by atoms with E-state index < -0.39 is 0 Å². The van der Waals surface area contributed by atoms with E-state index in [1.54, 1.807) is 6.07 Å². The van der Waals surface area contributed by atoms with Gasteiger partial charge in [-0.05, 0) is 18.6 Å². The third-order valence-corrected chi connectivity index (χ3v) is 3.33. The lowest BCUT2D eigenvalue weighted by Crippen LogP contribution is -2.03. The maximum Gasteiger partial charge on any atom is 0.138 e. The topological polar surface area (TPSA) is 47.0 Å². The van der Waals surface area contributed by atoms with Crippen LogP contribution in [0, 0.1) is 0 Å². The van der Waals surface area contributed by atoms with Crippen LogP contribution in [0.1, 0.15) is 19.0 Å². The van der Waals surface area contributed by atoms with Crippen molar-refractivity contribution in [1.29, 1.82) is 0 Å². The molecule has 2 aromatic rings. The minimum atomic E-state index is 0.367. The summed E-state index contributed by atoms with van der Waals surface area (Å²) >= 11 is 7.36. The quantitative estimate of drug-likeness (QED) is 0.880. The molecule has 1 aromatic carbocycles. The van der Waals surface area contributed by atoms with Crippen molar-refractivity contribution in [2.45, 2.75) is 20.0 Å². The van der Waals surface area contributed by atoms with Crippen molar-refractivity contribution in [3.8, 4) is 5.75 Å². The Balaban J connectivity index is 1.98. The number of ether oxygens (including phenoxy) is 1. The van der Waals surface area contributed by atoms with Crippen molar-refractivity contribution in [1.82, 2.24) is 9.59 Å². The Kier molecular flexibility index (Phi) is 4.78. The van der Waals surface area contributed by atoms with Gasteiger partial charge in [0.15, 0.2) is 0 Å². The Morgan fingerprint density at radius 3 is 3.00 bits per heavy atom. The second-order valence-electron chi connectivity index (χ2n) is 3.69. The molecule has 0 unspecified atom stereocenters. The molecule has 0 radical (unpaired) electrons. The molecule has 0 saturated carbocycles. The summed E-state index contributed by atoms with van der Waals surface area (Å²) in [5.41, 5.74) is 0.813. The molecule has 6 heteroatoms. The van der Waals surface area contributed by atoms with Crippen molar-refractivity contribution >= 4 is 28.1 Å². The van der Waals surface area contributed by atoms with Gasteiger partial charge in [0.1, 0.15) is 23.1 Å². The third kappa shape index (κ3) is 3.34. The minimum absolute atomic E-state index is 0.367. The lowest BCUT2D eigenvalue weighted by atomic mass is 10.3. The number of hydrogen-bond donors (Lipinski definition) is 1. The molecule has 0 aliphatic rings. The van der Waals surface area contributed by atoms with Gasteiger partial charge in [0.2, 0.25) is 0 Å². The van der Waals surface area contributed by atoms with E-state index in [1.807, 2.05) is 18.2 Å². The van der Waals surface area contributed by atoms with E-state index >= 15 is 0 Å². The fourth-order valence-corrected chi connectivity index (χ4v) is 2.17. The van der Waals surface area contributed by atoms with Crippen molar-refractivity contribution in [3.05, 3.63) is 35.0 Å². The molecule has 2 rings (SSSR count). The third-order valence-electron chi connectivity index (χ3n) is 2.29. The van der Waals surface area contributed by atoms with E-state index in [4.69, 9.17) is 16.3 Å². The highest BCUT2D eigenvalue weighted by Gasteiger charge is 2.09. The van der Waals surface area contributed by atoms with Crippen molar-refractivity contribution < 1.29 is 4.74 Å². The lowest BCUT2D eigenvalue weighted by Gasteiger charge is -2.07. The van der Waals surface area contributed by atoms with E-state index in [0.29, 0.717) is 17.4 Å². The van der Waals surface area contributed by atoms with E-state index in [9.17, 15) is 0 Å². The first-order valence-electron chi connectivity index (χ1n) is 5.73. The molecule has 0 atom stereocenters. The molecule has 0 saturated heterocycles. The van der Waals surface area contributed by atoms with Crippen LogP contribution in [0.3, 0.4) is 0 Å². The van der Waals surface area contributed by atoms with Crippen LogP contribution in [0.4, 0.5) is 5.00 Å². The minimum Gasteiger partial charge on any atom is -0.486 e. The van der Waals surface area contributed by atoms with Crippen LogP contribution in [-0.2, 0) is 6.61 Å². The molecule has 0 fully saturated rings. The maximum absolute atomic E-state index is 6.01. The molecule has 18 heavy (non-hydrogen) atoms. The lowest BCUT2D eigenvalue weighted by molar-refractivity contribution is 0.302.